The maximum Gasteiger partial charge on any atom is 0.450 e. The standard InChI is InChI=1S/C10H11ClF3N5/c1-5(15)8(19-9(16)10(12,13)14)18-7-3-2-6(11)4-17-7/h2-5H,15H2,1H3,(H2,16,17,18,19)/t5-/m0/s1. The number of aromatic nitrogens is 1. The lowest BCUT2D eigenvalue weighted by Gasteiger charge is -2.13. The molecule has 5 nitrogen and oxygen atoms in total. The highest BCUT2D eigenvalue weighted by atomic mass is 35.5. The van der Waals surface area contributed by atoms with Gasteiger partial charge in [0.2, 0.25) is 5.84 Å². The Hall–Kier alpha value is -1.67. The first kappa shape index (κ1) is 15.4. The second kappa shape index (κ2) is 5.98. The van der Waals surface area contributed by atoms with E-state index in [1.807, 2.05) is 0 Å². The molecule has 0 aliphatic rings. The van der Waals surface area contributed by atoms with Gasteiger partial charge in [0.1, 0.15) is 11.7 Å². The second-order valence-corrected chi connectivity index (χ2v) is 4.06. The van der Waals surface area contributed by atoms with Crippen LogP contribution in [0.4, 0.5) is 19.0 Å². The molecule has 1 rings (SSSR count). The molecule has 9 heteroatoms. The Labute approximate surface area is 112 Å². The lowest BCUT2D eigenvalue weighted by molar-refractivity contribution is -0.0604. The van der Waals surface area contributed by atoms with Crippen LogP contribution in [0.3, 0.4) is 0 Å². The normalized spacial score (nSPS) is 14.1. The molecule has 0 aliphatic carbocycles. The predicted octanol–water partition coefficient (Wildman–Crippen LogP) is 2.43. The maximum absolute atomic E-state index is 12.2. The van der Waals surface area contributed by atoms with E-state index in [1.165, 1.54) is 25.3 Å². The Morgan fingerprint density at radius 1 is 1.53 bits per heavy atom. The smallest absolute Gasteiger partial charge is 0.327 e. The number of rotatable bonds is 2. The molecule has 1 aromatic heterocycles. The van der Waals surface area contributed by atoms with Gasteiger partial charge in [0, 0.05) is 6.20 Å². The number of hydrogen-bond acceptors (Lipinski definition) is 3. The quantitative estimate of drug-likeness (QED) is 0.578. The predicted molar refractivity (Wildman–Crippen MR) is 67.7 cm³/mol. The largest absolute Gasteiger partial charge is 0.450 e. The molecule has 0 unspecified atom stereocenters. The molecule has 0 saturated heterocycles. The van der Waals surface area contributed by atoms with Gasteiger partial charge in [-0.25, -0.2) is 9.98 Å². The summed E-state index contributed by atoms with van der Waals surface area (Å²) in [6, 6.07) is 2.14. The number of nitrogens with two attached hydrogens (primary N) is 1. The number of anilines is 1. The van der Waals surface area contributed by atoms with E-state index in [0.717, 1.165) is 0 Å². The number of amidine groups is 2. The molecular formula is C10H11ClF3N5. The molecule has 0 aromatic carbocycles. The summed E-state index contributed by atoms with van der Waals surface area (Å²) in [6.07, 6.45) is -3.51. The molecule has 0 amide bonds. The fourth-order valence-electron chi connectivity index (χ4n) is 1.01. The Morgan fingerprint density at radius 2 is 2.16 bits per heavy atom. The third kappa shape index (κ3) is 4.84. The number of aliphatic imine (C=N–C) groups is 1. The van der Waals surface area contributed by atoms with Crippen molar-refractivity contribution in [1.82, 2.24) is 4.98 Å². The molecule has 1 heterocycles. The van der Waals surface area contributed by atoms with E-state index in [9.17, 15) is 13.2 Å². The van der Waals surface area contributed by atoms with Crippen molar-refractivity contribution in [1.29, 1.82) is 5.41 Å². The molecule has 104 valence electrons. The molecule has 19 heavy (non-hydrogen) atoms. The fraction of sp³-hybridized carbons (Fsp3) is 0.300. The van der Waals surface area contributed by atoms with Crippen molar-refractivity contribution in [2.75, 3.05) is 5.32 Å². The SMILES string of the molecule is C[C@H](N)/C(=N/C(=N)C(F)(F)F)Nc1ccc(Cl)cn1. The summed E-state index contributed by atoms with van der Waals surface area (Å²) < 4.78 is 36.7. The maximum atomic E-state index is 12.2. The average Bonchev–Trinajstić information content (AvgIpc) is 2.29. The summed E-state index contributed by atoms with van der Waals surface area (Å²) >= 11 is 5.63. The van der Waals surface area contributed by atoms with Crippen LogP contribution in [0.15, 0.2) is 23.3 Å². The van der Waals surface area contributed by atoms with Gasteiger partial charge < -0.3 is 11.1 Å². The van der Waals surface area contributed by atoms with E-state index in [2.05, 4.69) is 15.3 Å². The van der Waals surface area contributed by atoms with Crippen LogP contribution in [0.25, 0.3) is 0 Å². The highest BCUT2D eigenvalue weighted by molar-refractivity contribution is 6.30. The number of pyridine rings is 1. The van der Waals surface area contributed by atoms with E-state index < -0.39 is 18.1 Å². The van der Waals surface area contributed by atoms with Crippen molar-refractivity contribution in [2.45, 2.75) is 19.1 Å². The number of hydrogen-bond donors (Lipinski definition) is 3. The van der Waals surface area contributed by atoms with Crippen molar-refractivity contribution >= 4 is 29.1 Å². The minimum absolute atomic E-state index is 0.211. The summed E-state index contributed by atoms with van der Waals surface area (Å²) in [7, 11) is 0. The van der Waals surface area contributed by atoms with Crippen LogP contribution in [0.5, 0.6) is 0 Å². The fourth-order valence-corrected chi connectivity index (χ4v) is 1.12. The lowest BCUT2D eigenvalue weighted by atomic mass is 10.3. The van der Waals surface area contributed by atoms with Crippen molar-refractivity contribution in [3.63, 3.8) is 0 Å². The molecule has 0 saturated carbocycles. The van der Waals surface area contributed by atoms with Gasteiger partial charge >= 0.3 is 6.18 Å². The van der Waals surface area contributed by atoms with Crippen molar-refractivity contribution in [2.24, 2.45) is 10.7 Å². The van der Waals surface area contributed by atoms with Crippen LogP contribution >= 0.6 is 11.6 Å². The van der Waals surface area contributed by atoms with Crippen molar-refractivity contribution < 1.29 is 13.2 Å². The average molecular weight is 294 g/mol. The van der Waals surface area contributed by atoms with Crippen LogP contribution in [0, 0.1) is 5.41 Å². The first-order valence-electron chi connectivity index (χ1n) is 5.08. The van der Waals surface area contributed by atoms with Gasteiger partial charge in [-0.05, 0) is 19.1 Å². The highest BCUT2D eigenvalue weighted by Crippen LogP contribution is 2.17. The van der Waals surface area contributed by atoms with Gasteiger partial charge in [0.05, 0.1) is 11.1 Å². The summed E-state index contributed by atoms with van der Waals surface area (Å²) in [5.74, 6) is -1.71. The molecule has 0 radical (unpaired) electrons. The summed E-state index contributed by atoms with van der Waals surface area (Å²) in [6.45, 7) is 1.44. The Morgan fingerprint density at radius 3 is 2.58 bits per heavy atom. The highest BCUT2D eigenvalue weighted by Gasteiger charge is 2.35. The molecule has 1 aromatic rings. The number of nitrogens with zero attached hydrogens (tertiary/aromatic N) is 2. The van der Waals surface area contributed by atoms with E-state index in [1.54, 1.807) is 0 Å². The minimum atomic E-state index is -4.82. The van der Waals surface area contributed by atoms with E-state index in [0.29, 0.717) is 5.02 Å². The van der Waals surface area contributed by atoms with Gasteiger partial charge in [-0.3, -0.25) is 5.41 Å². The van der Waals surface area contributed by atoms with E-state index >= 15 is 0 Å². The first-order valence-corrected chi connectivity index (χ1v) is 5.46. The van der Waals surface area contributed by atoms with Crippen LogP contribution in [-0.2, 0) is 0 Å². The topological polar surface area (TPSA) is 87.1 Å². The van der Waals surface area contributed by atoms with Gasteiger partial charge in [-0.2, -0.15) is 13.2 Å². The Balaban J connectivity index is 2.93. The van der Waals surface area contributed by atoms with Gasteiger partial charge in [0.15, 0.2) is 0 Å². The molecule has 0 aliphatic heterocycles. The Bertz CT molecular complexity index is 481. The van der Waals surface area contributed by atoms with Crippen LogP contribution in [0.1, 0.15) is 6.92 Å². The molecule has 4 N–H and O–H groups in total. The number of nitrogens with one attached hydrogen (secondary N) is 2. The van der Waals surface area contributed by atoms with Crippen molar-refractivity contribution in [3.05, 3.63) is 23.4 Å². The third-order valence-electron chi connectivity index (χ3n) is 1.92. The molecular weight excluding hydrogens is 283 g/mol. The molecule has 0 bridgehead atoms. The summed E-state index contributed by atoms with van der Waals surface area (Å²) in [4.78, 5) is 6.97. The van der Waals surface area contributed by atoms with Crippen LogP contribution in [-0.4, -0.2) is 28.9 Å². The van der Waals surface area contributed by atoms with E-state index in [-0.39, 0.29) is 11.7 Å². The summed E-state index contributed by atoms with van der Waals surface area (Å²) in [5.41, 5.74) is 5.49. The number of halogens is 4. The second-order valence-electron chi connectivity index (χ2n) is 3.62. The van der Waals surface area contributed by atoms with Crippen LogP contribution < -0.4 is 11.1 Å². The zero-order valence-electron chi connectivity index (χ0n) is 9.79. The zero-order chi connectivity index (χ0) is 14.6. The van der Waals surface area contributed by atoms with Gasteiger partial charge in [0.25, 0.3) is 0 Å². The molecule has 1 atom stereocenters. The van der Waals surface area contributed by atoms with Gasteiger partial charge in [-0.1, -0.05) is 11.6 Å². The summed E-state index contributed by atoms with van der Waals surface area (Å²) in [5, 5.41) is 9.72. The third-order valence-corrected chi connectivity index (χ3v) is 2.14. The Kier molecular flexibility index (Phi) is 4.84. The number of alkyl halides is 3. The monoisotopic (exact) mass is 293 g/mol. The zero-order valence-corrected chi connectivity index (χ0v) is 10.5. The molecule has 0 fully saturated rings. The van der Waals surface area contributed by atoms with Gasteiger partial charge in [-0.15, -0.1) is 0 Å². The first-order chi connectivity index (χ1) is 8.70. The van der Waals surface area contributed by atoms with Crippen LogP contribution in [0.2, 0.25) is 5.02 Å². The van der Waals surface area contributed by atoms with Crippen molar-refractivity contribution in [3.8, 4) is 0 Å². The lowest BCUT2D eigenvalue weighted by Crippen LogP contribution is -2.35. The minimum Gasteiger partial charge on any atom is -0.327 e. The molecule has 0 spiro atoms. The van der Waals surface area contributed by atoms with E-state index in [4.69, 9.17) is 22.7 Å².